The zero-order valence-corrected chi connectivity index (χ0v) is 11.6. The summed E-state index contributed by atoms with van der Waals surface area (Å²) in [7, 11) is 1.93. The van der Waals surface area contributed by atoms with Crippen molar-refractivity contribution in [2.24, 2.45) is 7.05 Å². The van der Waals surface area contributed by atoms with Crippen LogP contribution in [0.5, 0.6) is 0 Å². The zero-order chi connectivity index (χ0) is 14.0. The molecule has 19 heavy (non-hydrogen) atoms. The van der Waals surface area contributed by atoms with Crippen LogP contribution in [-0.4, -0.2) is 44.9 Å². The van der Waals surface area contributed by atoms with Crippen molar-refractivity contribution in [3.8, 4) is 0 Å². The Balaban J connectivity index is 2.06. The Morgan fingerprint density at radius 1 is 1.42 bits per heavy atom. The van der Waals surface area contributed by atoms with E-state index in [1.807, 2.05) is 24.7 Å². The van der Waals surface area contributed by atoms with Crippen LogP contribution in [0.15, 0.2) is 12.4 Å². The third-order valence-electron chi connectivity index (χ3n) is 3.54. The van der Waals surface area contributed by atoms with E-state index in [0.717, 1.165) is 5.82 Å². The largest absolute Gasteiger partial charge is 0.345 e. The topological polar surface area (TPSA) is 67.2 Å². The molecule has 1 N–H and O–H groups in total. The average molecular weight is 264 g/mol. The second-order valence-electron chi connectivity index (χ2n) is 5.08. The number of imidazole rings is 1. The molecule has 2 unspecified atom stereocenters. The minimum atomic E-state index is -0.446. The molecule has 1 aliphatic rings. The maximum absolute atomic E-state index is 12.2. The normalized spacial score (nSPS) is 24.3. The SMILES string of the molecule is CC1NC(=O)CC(C)N(CCc2nccn2C)C1=O. The number of aryl methyl sites for hydroxylation is 1. The van der Waals surface area contributed by atoms with Crippen LogP contribution < -0.4 is 5.32 Å². The molecular formula is C13H20N4O2. The first-order valence-corrected chi connectivity index (χ1v) is 6.55. The molecule has 6 heteroatoms. The van der Waals surface area contributed by atoms with Gasteiger partial charge in [0.15, 0.2) is 0 Å². The van der Waals surface area contributed by atoms with Gasteiger partial charge in [0.05, 0.1) is 0 Å². The number of amides is 2. The van der Waals surface area contributed by atoms with Gasteiger partial charge in [-0.1, -0.05) is 0 Å². The summed E-state index contributed by atoms with van der Waals surface area (Å²) in [6.45, 7) is 4.23. The van der Waals surface area contributed by atoms with Gasteiger partial charge in [-0.3, -0.25) is 9.59 Å². The highest BCUT2D eigenvalue weighted by molar-refractivity contribution is 5.90. The van der Waals surface area contributed by atoms with Crippen molar-refractivity contribution >= 4 is 11.8 Å². The number of nitrogens with one attached hydrogen (secondary N) is 1. The molecular weight excluding hydrogens is 244 g/mol. The van der Waals surface area contributed by atoms with E-state index in [1.165, 1.54) is 0 Å². The lowest BCUT2D eigenvalue weighted by atomic mass is 10.2. The quantitative estimate of drug-likeness (QED) is 0.841. The summed E-state index contributed by atoms with van der Waals surface area (Å²) >= 11 is 0. The maximum Gasteiger partial charge on any atom is 0.245 e. The first kappa shape index (κ1) is 13.6. The number of carbonyl (C=O) groups excluding carboxylic acids is 2. The van der Waals surface area contributed by atoms with Crippen molar-refractivity contribution in [3.63, 3.8) is 0 Å². The van der Waals surface area contributed by atoms with Crippen LogP contribution >= 0.6 is 0 Å². The lowest BCUT2D eigenvalue weighted by Crippen LogP contribution is -2.45. The highest BCUT2D eigenvalue weighted by atomic mass is 16.2. The van der Waals surface area contributed by atoms with Gasteiger partial charge in [0.1, 0.15) is 11.9 Å². The zero-order valence-electron chi connectivity index (χ0n) is 11.6. The standard InChI is InChI=1S/C13H20N4O2/c1-9-8-12(18)15-10(2)13(19)17(9)6-4-11-14-5-7-16(11)3/h5,7,9-10H,4,6,8H2,1-3H3,(H,15,18). The van der Waals surface area contributed by atoms with Crippen molar-refractivity contribution in [2.75, 3.05) is 6.54 Å². The molecule has 1 saturated heterocycles. The minimum absolute atomic E-state index is 0.0208. The van der Waals surface area contributed by atoms with Gasteiger partial charge in [-0.25, -0.2) is 4.98 Å². The molecule has 1 fully saturated rings. The summed E-state index contributed by atoms with van der Waals surface area (Å²) in [4.78, 5) is 29.8. The van der Waals surface area contributed by atoms with Crippen LogP contribution in [0.1, 0.15) is 26.1 Å². The molecule has 2 rings (SSSR count). The van der Waals surface area contributed by atoms with Crippen molar-refractivity contribution in [1.82, 2.24) is 19.8 Å². The predicted molar refractivity (Wildman–Crippen MR) is 70.3 cm³/mol. The molecule has 0 radical (unpaired) electrons. The maximum atomic E-state index is 12.2. The van der Waals surface area contributed by atoms with E-state index in [-0.39, 0.29) is 17.9 Å². The third kappa shape index (κ3) is 2.94. The molecule has 0 bridgehead atoms. The lowest BCUT2D eigenvalue weighted by Gasteiger charge is -2.27. The van der Waals surface area contributed by atoms with E-state index in [9.17, 15) is 9.59 Å². The van der Waals surface area contributed by atoms with Gasteiger partial charge in [0, 0.05) is 44.9 Å². The van der Waals surface area contributed by atoms with Crippen molar-refractivity contribution < 1.29 is 9.59 Å². The van der Waals surface area contributed by atoms with E-state index < -0.39 is 6.04 Å². The number of rotatable bonds is 3. The van der Waals surface area contributed by atoms with Gasteiger partial charge in [-0.15, -0.1) is 0 Å². The van der Waals surface area contributed by atoms with E-state index in [0.29, 0.717) is 19.4 Å². The molecule has 0 aliphatic carbocycles. The Hall–Kier alpha value is -1.85. The highest BCUT2D eigenvalue weighted by Gasteiger charge is 2.31. The molecule has 1 aromatic heterocycles. The summed E-state index contributed by atoms with van der Waals surface area (Å²) in [6.07, 6.45) is 4.69. The molecule has 0 aromatic carbocycles. The van der Waals surface area contributed by atoms with Gasteiger partial charge >= 0.3 is 0 Å². The summed E-state index contributed by atoms with van der Waals surface area (Å²) in [5.74, 6) is 0.858. The van der Waals surface area contributed by atoms with E-state index in [1.54, 1.807) is 18.0 Å². The van der Waals surface area contributed by atoms with Gasteiger partial charge in [-0.05, 0) is 13.8 Å². The molecule has 0 spiro atoms. The molecule has 2 heterocycles. The molecule has 104 valence electrons. The fourth-order valence-electron chi connectivity index (χ4n) is 2.40. The smallest absolute Gasteiger partial charge is 0.245 e. The summed E-state index contributed by atoms with van der Waals surface area (Å²) in [5, 5.41) is 2.71. The highest BCUT2D eigenvalue weighted by Crippen LogP contribution is 2.12. The molecule has 1 aliphatic heterocycles. The Bertz CT molecular complexity index is 483. The second kappa shape index (κ2) is 5.42. The third-order valence-corrected chi connectivity index (χ3v) is 3.54. The summed E-state index contributed by atoms with van der Waals surface area (Å²) in [6, 6.07) is -0.517. The van der Waals surface area contributed by atoms with Gasteiger partial charge in [-0.2, -0.15) is 0 Å². The Morgan fingerprint density at radius 3 is 2.79 bits per heavy atom. The molecule has 1 aromatic rings. The second-order valence-corrected chi connectivity index (χ2v) is 5.08. The molecule has 2 amide bonds. The van der Waals surface area contributed by atoms with Gasteiger partial charge < -0.3 is 14.8 Å². The van der Waals surface area contributed by atoms with Crippen LogP contribution in [0.25, 0.3) is 0 Å². The summed E-state index contributed by atoms with van der Waals surface area (Å²) in [5.41, 5.74) is 0. The average Bonchev–Trinajstić information content (AvgIpc) is 2.70. The number of hydrogen-bond acceptors (Lipinski definition) is 3. The number of carbonyl (C=O) groups is 2. The minimum Gasteiger partial charge on any atom is -0.345 e. The number of nitrogens with zero attached hydrogens (tertiary/aromatic N) is 3. The van der Waals surface area contributed by atoms with Crippen LogP contribution in [-0.2, 0) is 23.1 Å². The lowest BCUT2D eigenvalue weighted by molar-refractivity contribution is -0.134. The van der Waals surface area contributed by atoms with Crippen molar-refractivity contribution in [3.05, 3.63) is 18.2 Å². The summed E-state index contributed by atoms with van der Waals surface area (Å²) < 4.78 is 1.94. The van der Waals surface area contributed by atoms with E-state index >= 15 is 0 Å². The van der Waals surface area contributed by atoms with Gasteiger partial charge in [0.25, 0.3) is 0 Å². The monoisotopic (exact) mass is 264 g/mol. The van der Waals surface area contributed by atoms with Crippen LogP contribution in [0.4, 0.5) is 0 Å². The first-order valence-electron chi connectivity index (χ1n) is 6.55. The van der Waals surface area contributed by atoms with Crippen LogP contribution in [0.3, 0.4) is 0 Å². The van der Waals surface area contributed by atoms with Gasteiger partial charge in [0.2, 0.25) is 11.8 Å². The van der Waals surface area contributed by atoms with Crippen molar-refractivity contribution in [1.29, 1.82) is 0 Å². The Morgan fingerprint density at radius 2 is 2.16 bits per heavy atom. The van der Waals surface area contributed by atoms with E-state index in [4.69, 9.17) is 0 Å². The predicted octanol–water partition coefficient (Wildman–Crippen LogP) is 0.0881. The van der Waals surface area contributed by atoms with Crippen molar-refractivity contribution in [2.45, 2.75) is 38.8 Å². The van der Waals surface area contributed by atoms with E-state index in [2.05, 4.69) is 10.3 Å². The Kier molecular flexibility index (Phi) is 3.87. The fraction of sp³-hybridized carbons (Fsp3) is 0.615. The molecule has 2 atom stereocenters. The molecule has 6 nitrogen and oxygen atoms in total. The van der Waals surface area contributed by atoms with Crippen LogP contribution in [0.2, 0.25) is 0 Å². The fourth-order valence-corrected chi connectivity index (χ4v) is 2.40. The Labute approximate surface area is 112 Å². The van der Waals surface area contributed by atoms with Crippen LogP contribution in [0, 0.1) is 0 Å². The number of aromatic nitrogens is 2. The number of hydrogen-bond donors (Lipinski definition) is 1. The first-order chi connectivity index (χ1) is 8.99. The molecule has 0 saturated carbocycles.